The first kappa shape index (κ1) is 11.2. The summed E-state index contributed by atoms with van der Waals surface area (Å²) in [5.74, 6) is -0.338. The summed E-state index contributed by atoms with van der Waals surface area (Å²) in [7, 11) is 0. The average Bonchev–Trinajstić information content (AvgIpc) is 2.28. The Balaban J connectivity index is 2.00. The standard InChI is InChI=1S/C14H18O2/c1-10(14(15)16)8-11-6-7-12-4-2-3-5-13(12)9-11/h2-5,10-11H,6-9H2,1H3,(H,15,16)/t10-,11-/m0/s1. The monoisotopic (exact) mass is 218 g/mol. The normalized spacial score (nSPS) is 21.2. The summed E-state index contributed by atoms with van der Waals surface area (Å²) in [5, 5.41) is 8.91. The number of fused-ring (bicyclic) bond motifs is 1. The van der Waals surface area contributed by atoms with E-state index in [9.17, 15) is 4.79 Å². The van der Waals surface area contributed by atoms with Gasteiger partial charge in [0, 0.05) is 0 Å². The van der Waals surface area contributed by atoms with Gasteiger partial charge in [-0.05, 0) is 42.7 Å². The topological polar surface area (TPSA) is 37.3 Å². The number of carboxylic acid groups (broad SMARTS) is 1. The van der Waals surface area contributed by atoms with Gasteiger partial charge in [0.1, 0.15) is 0 Å². The van der Waals surface area contributed by atoms with Crippen molar-refractivity contribution in [1.29, 1.82) is 0 Å². The molecule has 2 heteroatoms. The molecule has 2 atom stereocenters. The molecule has 0 saturated carbocycles. The molecule has 0 heterocycles. The van der Waals surface area contributed by atoms with Gasteiger partial charge in [0.15, 0.2) is 0 Å². The quantitative estimate of drug-likeness (QED) is 0.847. The van der Waals surface area contributed by atoms with E-state index in [0.717, 1.165) is 25.7 Å². The highest BCUT2D eigenvalue weighted by Gasteiger charge is 2.22. The van der Waals surface area contributed by atoms with Crippen molar-refractivity contribution in [3.05, 3.63) is 35.4 Å². The lowest BCUT2D eigenvalue weighted by Gasteiger charge is -2.25. The number of carbonyl (C=O) groups is 1. The zero-order valence-electron chi connectivity index (χ0n) is 9.65. The fourth-order valence-corrected chi connectivity index (χ4v) is 2.58. The van der Waals surface area contributed by atoms with Gasteiger partial charge in [-0.1, -0.05) is 31.2 Å². The van der Waals surface area contributed by atoms with Crippen LogP contribution in [0.3, 0.4) is 0 Å². The average molecular weight is 218 g/mol. The van der Waals surface area contributed by atoms with Crippen LogP contribution in [-0.2, 0) is 17.6 Å². The Morgan fingerprint density at radius 2 is 2.12 bits per heavy atom. The zero-order valence-corrected chi connectivity index (χ0v) is 9.65. The summed E-state index contributed by atoms with van der Waals surface area (Å²) in [5.41, 5.74) is 2.86. The third-order valence-electron chi connectivity index (χ3n) is 3.56. The molecular weight excluding hydrogens is 200 g/mol. The minimum absolute atomic E-state index is 0.213. The van der Waals surface area contributed by atoms with Crippen LogP contribution in [0.5, 0.6) is 0 Å². The van der Waals surface area contributed by atoms with Crippen LogP contribution in [-0.4, -0.2) is 11.1 Å². The van der Waals surface area contributed by atoms with Crippen molar-refractivity contribution in [2.45, 2.75) is 32.6 Å². The Kier molecular flexibility index (Phi) is 3.28. The summed E-state index contributed by atoms with van der Waals surface area (Å²) in [6.45, 7) is 1.81. The smallest absolute Gasteiger partial charge is 0.306 e. The molecule has 1 aromatic rings. The number of benzene rings is 1. The van der Waals surface area contributed by atoms with Crippen LogP contribution in [0.2, 0.25) is 0 Å². The molecule has 0 aromatic heterocycles. The summed E-state index contributed by atoms with van der Waals surface area (Å²) in [4.78, 5) is 10.8. The number of hydrogen-bond acceptors (Lipinski definition) is 1. The SMILES string of the molecule is C[C@@H](C[C@@H]1CCc2ccccc2C1)C(=O)O. The molecule has 1 N–H and O–H groups in total. The Labute approximate surface area is 96.3 Å². The summed E-state index contributed by atoms with van der Waals surface area (Å²) >= 11 is 0. The Hall–Kier alpha value is -1.31. The Morgan fingerprint density at radius 3 is 2.81 bits per heavy atom. The highest BCUT2D eigenvalue weighted by molar-refractivity contribution is 5.69. The predicted octanol–water partition coefficient (Wildman–Crippen LogP) is 2.90. The van der Waals surface area contributed by atoms with Gasteiger partial charge >= 0.3 is 5.97 Å². The molecule has 0 saturated heterocycles. The molecule has 1 aliphatic carbocycles. The van der Waals surface area contributed by atoms with E-state index in [1.54, 1.807) is 0 Å². The Bertz CT molecular complexity index is 384. The van der Waals surface area contributed by atoms with Crippen molar-refractivity contribution < 1.29 is 9.90 Å². The molecule has 0 fully saturated rings. The van der Waals surface area contributed by atoms with E-state index in [2.05, 4.69) is 24.3 Å². The van der Waals surface area contributed by atoms with E-state index >= 15 is 0 Å². The van der Waals surface area contributed by atoms with Crippen LogP contribution in [0.25, 0.3) is 0 Å². The van der Waals surface area contributed by atoms with Gasteiger partial charge in [-0.15, -0.1) is 0 Å². The van der Waals surface area contributed by atoms with Crippen molar-refractivity contribution in [3.8, 4) is 0 Å². The second kappa shape index (κ2) is 4.69. The maximum atomic E-state index is 10.8. The van der Waals surface area contributed by atoms with Crippen LogP contribution in [0.1, 0.15) is 30.9 Å². The van der Waals surface area contributed by atoms with E-state index in [0.29, 0.717) is 5.92 Å². The van der Waals surface area contributed by atoms with Crippen LogP contribution >= 0.6 is 0 Å². The third kappa shape index (κ3) is 2.43. The zero-order chi connectivity index (χ0) is 11.5. The van der Waals surface area contributed by atoms with E-state index in [4.69, 9.17) is 5.11 Å². The molecule has 2 nitrogen and oxygen atoms in total. The number of hydrogen-bond donors (Lipinski definition) is 1. The van der Waals surface area contributed by atoms with Crippen LogP contribution in [0, 0.1) is 11.8 Å². The molecular formula is C14H18O2. The second-order valence-electron chi connectivity index (χ2n) is 4.85. The molecule has 2 rings (SSSR count). The van der Waals surface area contributed by atoms with Crippen molar-refractivity contribution in [2.24, 2.45) is 11.8 Å². The lowest BCUT2D eigenvalue weighted by Crippen LogP contribution is -2.20. The first-order chi connectivity index (χ1) is 7.66. The van der Waals surface area contributed by atoms with Gasteiger partial charge in [0.2, 0.25) is 0 Å². The highest BCUT2D eigenvalue weighted by atomic mass is 16.4. The maximum absolute atomic E-state index is 10.8. The van der Waals surface area contributed by atoms with Gasteiger partial charge < -0.3 is 5.11 Å². The van der Waals surface area contributed by atoms with Crippen molar-refractivity contribution in [2.75, 3.05) is 0 Å². The van der Waals surface area contributed by atoms with E-state index in [1.165, 1.54) is 11.1 Å². The molecule has 1 aromatic carbocycles. The van der Waals surface area contributed by atoms with E-state index < -0.39 is 5.97 Å². The summed E-state index contributed by atoms with van der Waals surface area (Å²) in [6, 6.07) is 8.51. The van der Waals surface area contributed by atoms with Crippen molar-refractivity contribution in [3.63, 3.8) is 0 Å². The molecule has 0 aliphatic heterocycles. The lowest BCUT2D eigenvalue weighted by atomic mass is 9.80. The fraction of sp³-hybridized carbons (Fsp3) is 0.500. The number of aryl methyl sites for hydroxylation is 1. The molecule has 0 unspecified atom stereocenters. The van der Waals surface area contributed by atoms with Crippen LogP contribution in [0.15, 0.2) is 24.3 Å². The third-order valence-corrected chi connectivity index (χ3v) is 3.56. The lowest BCUT2D eigenvalue weighted by molar-refractivity contribution is -0.141. The van der Waals surface area contributed by atoms with Crippen molar-refractivity contribution >= 4 is 5.97 Å². The molecule has 16 heavy (non-hydrogen) atoms. The van der Waals surface area contributed by atoms with Gasteiger partial charge in [0.25, 0.3) is 0 Å². The summed E-state index contributed by atoms with van der Waals surface area (Å²) in [6.07, 6.45) is 4.10. The number of aliphatic carboxylic acids is 1. The number of carboxylic acids is 1. The van der Waals surface area contributed by atoms with Crippen LogP contribution in [0.4, 0.5) is 0 Å². The van der Waals surface area contributed by atoms with Gasteiger partial charge in [0.05, 0.1) is 5.92 Å². The maximum Gasteiger partial charge on any atom is 0.306 e. The second-order valence-corrected chi connectivity index (χ2v) is 4.85. The highest BCUT2D eigenvalue weighted by Crippen LogP contribution is 2.29. The summed E-state index contributed by atoms with van der Waals surface area (Å²) < 4.78 is 0. The van der Waals surface area contributed by atoms with E-state index in [-0.39, 0.29) is 5.92 Å². The fourth-order valence-electron chi connectivity index (χ4n) is 2.58. The van der Waals surface area contributed by atoms with Gasteiger partial charge in [-0.2, -0.15) is 0 Å². The molecule has 0 bridgehead atoms. The van der Waals surface area contributed by atoms with Crippen LogP contribution < -0.4 is 0 Å². The molecule has 1 aliphatic rings. The first-order valence-corrected chi connectivity index (χ1v) is 5.96. The first-order valence-electron chi connectivity index (χ1n) is 5.96. The molecule has 0 amide bonds. The van der Waals surface area contributed by atoms with Crippen molar-refractivity contribution in [1.82, 2.24) is 0 Å². The predicted molar refractivity (Wildman–Crippen MR) is 63.4 cm³/mol. The largest absolute Gasteiger partial charge is 0.481 e. The Morgan fingerprint density at radius 1 is 1.44 bits per heavy atom. The molecule has 86 valence electrons. The minimum Gasteiger partial charge on any atom is -0.481 e. The minimum atomic E-state index is -0.668. The number of rotatable bonds is 3. The van der Waals surface area contributed by atoms with E-state index in [1.807, 2.05) is 6.92 Å². The van der Waals surface area contributed by atoms with Gasteiger partial charge in [-0.3, -0.25) is 4.79 Å². The van der Waals surface area contributed by atoms with Gasteiger partial charge in [-0.25, -0.2) is 0 Å². The molecule has 0 radical (unpaired) electrons. The molecule has 0 spiro atoms.